The topological polar surface area (TPSA) is 91.7 Å². The molecule has 0 fully saturated rings. The minimum absolute atomic E-state index is 0.291. The largest absolute Gasteiger partial charge is 0.496 e. The molecule has 0 aliphatic carbocycles. The molecule has 2 aromatic carbocycles. The van der Waals surface area contributed by atoms with Crippen LogP contribution in [0.25, 0.3) is 22.2 Å². The summed E-state index contributed by atoms with van der Waals surface area (Å²) in [4.78, 5) is 30.1. The molecule has 1 amide bonds. The van der Waals surface area contributed by atoms with Crippen LogP contribution in [0.5, 0.6) is 11.5 Å². The van der Waals surface area contributed by atoms with Gasteiger partial charge in [-0.15, -0.1) is 11.3 Å². The van der Waals surface area contributed by atoms with E-state index in [0.717, 1.165) is 16.5 Å². The van der Waals surface area contributed by atoms with E-state index in [-0.39, 0.29) is 0 Å². The summed E-state index contributed by atoms with van der Waals surface area (Å²) in [6.45, 7) is 7.54. The Morgan fingerprint density at radius 3 is 2.39 bits per heavy atom. The number of nitrogens with zero attached hydrogens (tertiary/aromatic N) is 2. The van der Waals surface area contributed by atoms with Crippen molar-refractivity contribution in [1.82, 2.24) is 9.55 Å². The van der Waals surface area contributed by atoms with Gasteiger partial charge in [0.2, 0.25) is 0 Å². The highest BCUT2D eigenvalue weighted by molar-refractivity contribution is 7.14. The van der Waals surface area contributed by atoms with Gasteiger partial charge in [0.1, 0.15) is 17.2 Å². The number of methoxy groups -OCH3 is 2. The number of hydrogen-bond acceptors (Lipinski definition) is 7. The van der Waals surface area contributed by atoms with Gasteiger partial charge < -0.3 is 18.8 Å². The first-order valence-electron chi connectivity index (χ1n) is 11.4. The van der Waals surface area contributed by atoms with Crippen LogP contribution in [0.4, 0.5) is 5.13 Å². The predicted octanol–water partition coefficient (Wildman–Crippen LogP) is 5.86. The fourth-order valence-corrected chi connectivity index (χ4v) is 4.73. The van der Waals surface area contributed by atoms with Gasteiger partial charge in [0, 0.05) is 10.8 Å². The third kappa shape index (κ3) is 5.12. The summed E-state index contributed by atoms with van der Waals surface area (Å²) in [5.41, 5.74) is 2.73. The predicted molar refractivity (Wildman–Crippen MR) is 141 cm³/mol. The van der Waals surface area contributed by atoms with Crippen LogP contribution in [-0.2, 0) is 9.53 Å². The number of benzene rings is 2. The molecule has 8 nitrogen and oxygen atoms in total. The minimum Gasteiger partial charge on any atom is -0.496 e. The van der Waals surface area contributed by atoms with Crippen molar-refractivity contribution in [2.75, 3.05) is 19.5 Å². The van der Waals surface area contributed by atoms with E-state index in [0.29, 0.717) is 39.9 Å². The number of ether oxygens (including phenoxy) is 3. The average Bonchev–Trinajstić information content (AvgIpc) is 3.45. The number of thiazole rings is 1. The van der Waals surface area contributed by atoms with Gasteiger partial charge >= 0.3 is 0 Å². The van der Waals surface area contributed by atoms with Gasteiger partial charge in [-0.05, 0) is 57.5 Å². The summed E-state index contributed by atoms with van der Waals surface area (Å²) in [6, 6.07) is 13.0. The molecule has 188 valence electrons. The maximum absolute atomic E-state index is 13.4. The van der Waals surface area contributed by atoms with Crippen molar-refractivity contribution in [3.63, 3.8) is 0 Å². The Labute approximate surface area is 213 Å². The molecule has 0 aliphatic rings. The van der Waals surface area contributed by atoms with Crippen molar-refractivity contribution >= 4 is 39.6 Å². The third-order valence-electron chi connectivity index (χ3n) is 5.46. The number of para-hydroxylation sites is 1. The van der Waals surface area contributed by atoms with E-state index in [2.05, 4.69) is 10.3 Å². The summed E-state index contributed by atoms with van der Waals surface area (Å²) < 4.78 is 18.7. The molecule has 0 aliphatic heterocycles. The molecule has 1 unspecified atom stereocenters. The lowest BCUT2D eigenvalue weighted by Gasteiger charge is -2.26. The van der Waals surface area contributed by atoms with E-state index in [4.69, 9.17) is 14.2 Å². The highest BCUT2D eigenvalue weighted by Crippen LogP contribution is 2.40. The van der Waals surface area contributed by atoms with Crippen LogP contribution < -0.4 is 14.8 Å². The molecule has 9 heteroatoms. The molecule has 4 rings (SSSR count). The molecule has 0 radical (unpaired) electrons. The monoisotopic (exact) mass is 507 g/mol. The zero-order valence-electron chi connectivity index (χ0n) is 21.1. The smallest absolute Gasteiger partial charge is 0.274 e. The normalized spacial score (nSPS) is 12.4. The second-order valence-electron chi connectivity index (χ2n) is 9.25. The first kappa shape index (κ1) is 25.4. The van der Waals surface area contributed by atoms with E-state index < -0.39 is 17.7 Å². The number of carbonyl (C=O) groups excluding carboxylic acids is 2. The zero-order valence-corrected chi connectivity index (χ0v) is 21.9. The van der Waals surface area contributed by atoms with E-state index in [1.807, 2.05) is 69.5 Å². The fourth-order valence-electron chi connectivity index (χ4n) is 4.03. The van der Waals surface area contributed by atoms with Crippen LogP contribution in [0.1, 0.15) is 43.1 Å². The van der Waals surface area contributed by atoms with Crippen molar-refractivity contribution in [3.8, 4) is 22.8 Å². The molecule has 2 heterocycles. The van der Waals surface area contributed by atoms with E-state index in [1.165, 1.54) is 11.3 Å². The van der Waals surface area contributed by atoms with Crippen LogP contribution in [0.3, 0.4) is 0 Å². The molecule has 36 heavy (non-hydrogen) atoms. The molecule has 2 aromatic heterocycles. The number of fused-ring (bicyclic) bond motifs is 1. The highest BCUT2D eigenvalue weighted by Gasteiger charge is 2.27. The Balaban J connectivity index is 1.70. The summed E-state index contributed by atoms with van der Waals surface area (Å²) in [7, 11) is 3.18. The summed E-state index contributed by atoms with van der Waals surface area (Å²) in [5.74, 6) is 0.853. The summed E-state index contributed by atoms with van der Waals surface area (Å²) in [5, 5.41) is 5.92. The van der Waals surface area contributed by atoms with Crippen molar-refractivity contribution in [2.45, 2.75) is 39.5 Å². The number of carbonyl (C=O) groups is 2. The quantitative estimate of drug-likeness (QED) is 0.301. The first-order valence-corrected chi connectivity index (χ1v) is 12.3. The number of hydrogen-bond donors (Lipinski definition) is 1. The fraction of sp³-hybridized carbons (Fsp3) is 0.296. The third-order valence-corrected chi connectivity index (χ3v) is 6.21. The molecule has 4 aromatic rings. The Bertz CT molecular complexity index is 1390. The average molecular weight is 508 g/mol. The second kappa shape index (κ2) is 10.1. The Morgan fingerprint density at radius 1 is 1.11 bits per heavy atom. The molecule has 0 spiro atoms. The van der Waals surface area contributed by atoms with Crippen LogP contribution in [0, 0.1) is 6.92 Å². The first-order chi connectivity index (χ1) is 17.1. The number of rotatable bonds is 8. The molecule has 0 saturated heterocycles. The number of aldehydes is 1. The van der Waals surface area contributed by atoms with E-state index >= 15 is 0 Å². The van der Waals surface area contributed by atoms with Crippen molar-refractivity contribution < 1.29 is 23.8 Å². The van der Waals surface area contributed by atoms with Gasteiger partial charge in [-0.1, -0.05) is 18.2 Å². The molecule has 1 N–H and O–H groups in total. The lowest BCUT2D eigenvalue weighted by atomic mass is 10.1. The Hall–Kier alpha value is -3.69. The molecule has 0 saturated carbocycles. The number of nitrogens with one attached hydrogen (secondary N) is 1. The number of anilines is 1. The van der Waals surface area contributed by atoms with Gasteiger partial charge in [-0.2, -0.15) is 0 Å². The van der Waals surface area contributed by atoms with Gasteiger partial charge in [0.15, 0.2) is 17.6 Å². The zero-order chi connectivity index (χ0) is 26.0. The van der Waals surface area contributed by atoms with Gasteiger partial charge in [0.05, 0.1) is 36.6 Å². The second-order valence-corrected chi connectivity index (χ2v) is 10.1. The molecule has 1 atom stereocenters. The Morgan fingerprint density at radius 2 is 1.78 bits per heavy atom. The van der Waals surface area contributed by atoms with Crippen molar-refractivity contribution in [1.29, 1.82) is 0 Å². The summed E-state index contributed by atoms with van der Waals surface area (Å²) in [6.07, 6.45) is -0.273. The number of aromatic nitrogens is 2. The molecule has 0 bridgehead atoms. The standard InChI is InChI=1S/C27H29N3O5S/c1-16-11-21(33-5)24(22(12-16)34-6)18-15-36-26(28-18)29-25(32)20-13-17-9-7-8-10-19(17)30(20)23(14-31)35-27(2,3)4/h7-15,23H,1-6H3,(H,28,29,32). The maximum atomic E-state index is 13.4. The van der Waals surface area contributed by atoms with Crippen LogP contribution in [0.15, 0.2) is 47.8 Å². The van der Waals surface area contributed by atoms with Crippen molar-refractivity contribution in [2.24, 2.45) is 0 Å². The van der Waals surface area contributed by atoms with Crippen LogP contribution in [0.2, 0.25) is 0 Å². The van der Waals surface area contributed by atoms with Gasteiger partial charge in [-0.3, -0.25) is 14.9 Å². The summed E-state index contributed by atoms with van der Waals surface area (Å²) >= 11 is 1.28. The van der Waals surface area contributed by atoms with Crippen LogP contribution >= 0.6 is 11.3 Å². The lowest BCUT2D eigenvalue weighted by Crippen LogP contribution is -2.29. The van der Waals surface area contributed by atoms with E-state index in [1.54, 1.807) is 24.9 Å². The maximum Gasteiger partial charge on any atom is 0.274 e. The molecular formula is C27H29N3O5S. The SMILES string of the molecule is COc1cc(C)cc(OC)c1-c1csc(NC(=O)c2cc3ccccc3n2C(C=O)OC(C)(C)C)n1. The lowest BCUT2D eigenvalue weighted by molar-refractivity contribution is -0.137. The number of aryl methyl sites for hydroxylation is 1. The molecular weight excluding hydrogens is 478 g/mol. The van der Waals surface area contributed by atoms with Gasteiger partial charge in [-0.25, -0.2) is 4.98 Å². The van der Waals surface area contributed by atoms with Gasteiger partial charge in [0.25, 0.3) is 5.91 Å². The minimum atomic E-state index is -0.974. The van der Waals surface area contributed by atoms with Crippen LogP contribution in [-0.4, -0.2) is 41.6 Å². The highest BCUT2D eigenvalue weighted by atomic mass is 32.1. The number of amides is 1. The van der Waals surface area contributed by atoms with Crippen molar-refractivity contribution in [3.05, 3.63) is 59.1 Å². The Kier molecular flexibility index (Phi) is 7.14. The van der Waals surface area contributed by atoms with E-state index in [9.17, 15) is 9.59 Å².